The van der Waals surface area contributed by atoms with Gasteiger partial charge < -0.3 is 9.47 Å². The number of ether oxygens (including phenoxy) is 2. The van der Waals surface area contributed by atoms with E-state index in [4.69, 9.17) is 0 Å². The van der Waals surface area contributed by atoms with Gasteiger partial charge in [0.2, 0.25) is 0 Å². The molecule has 0 aromatic carbocycles. The first kappa shape index (κ1) is 16.4. The second-order valence-corrected chi connectivity index (χ2v) is 3.41. The van der Waals surface area contributed by atoms with E-state index in [2.05, 4.69) is 9.47 Å². The fourth-order valence-corrected chi connectivity index (χ4v) is 0.624. The normalized spacial score (nSPS) is 16.1. The highest BCUT2D eigenvalue weighted by atomic mass is 19.3. The first-order chi connectivity index (χ1) is 7.40. The molecule has 0 aliphatic heterocycles. The average molecular weight is 272 g/mol. The van der Waals surface area contributed by atoms with Crippen LogP contribution in [0.2, 0.25) is 0 Å². The Morgan fingerprint density at radius 3 is 1.82 bits per heavy atom. The highest BCUT2D eigenvalue weighted by Gasteiger charge is 2.43. The summed E-state index contributed by atoms with van der Waals surface area (Å²) in [7, 11) is 0. The summed E-state index contributed by atoms with van der Waals surface area (Å²) < 4.78 is 93.0. The van der Waals surface area contributed by atoms with Crippen LogP contribution in [0.15, 0.2) is 0 Å². The zero-order valence-electron chi connectivity index (χ0n) is 8.95. The third kappa shape index (κ3) is 6.67. The van der Waals surface area contributed by atoms with Crippen LogP contribution in [-0.2, 0) is 9.47 Å². The van der Waals surface area contributed by atoms with E-state index in [-0.39, 0.29) is 0 Å². The van der Waals surface area contributed by atoms with Gasteiger partial charge in [-0.3, -0.25) is 0 Å². The van der Waals surface area contributed by atoms with Crippen molar-refractivity contribution in [2.75, 3.05) is 13.3 Å². The Bertz CT molecular complexity index is 239. The maximum Gasteiger partial charge on any atom is 0.384 e. The van der Waals surface area contributed by atoms with Crippen LogP contribution in [0.4, 0.5) is 30.7 Å². The Kier molecular flexibility index (Phi) is 5.20. The standard InChI is InChI=1S/C8H11F7O2/c1-5(6(2,10)11)17-8(14,15)4-16-7(12,13)3-9/h5H,3-4H2,1-2H3. The van der Waals surface area contributed by atoms with Gasteiger partial charge in [-0.1, -0.05) is 0 Å². The van der Waals surface area contributed by atoms with Crippen LogP contribution in [-0.4, -0.2) is 37.5 Å². The van der Waals surface area contributed by atoms with E-state index in [1.54, 1.807) is 0 Å². The molecule has 17 heavy (non-hydrogen) atoms. The molecule has 0 fully saturated rings. The zero-order valence-corrected chi connectivity index (χ0v) is 8.95. The van der Waals surface area contributed by atoms with Gasteiger partial charge in [-0.05, 0) is 6.92 Å². The molecule has 0 aromatic heterocycles. The van der Waals surface area contributed by atoms with Crippen molar-refractivity contribution in [1.82, 2.24) is 0 Å². The fourth-order valence-electron chi connectivity index (χ4n) is 0.624. The molecule has 2 nitrogen and oxygen atoms in total. The van der Waals surface area contributed by atoms with Gasteiger partial charge in [-0.15, -0.1) is 0 Å². The molecule has 0 amide bonds. The van der Waals surface area contributed by atoms with Gasteiger partial charge in [0.15, 0.2) is 6.67 Å². The molecule has 0 N–H and O–H groups in total. The number of alkyl halides is 7. The van der Waals surface area contributed by atoms with Crippen LogP contribution < -0.4 is 0 Å². The molecule has 9 heteroatoms. The van der Waals surface area contributed by atoms with Crippen LogP contribution in [0.1, 0.15) is 13.8 Å². The molecule has 0 aliphatic rings. The van der Waals surface area contributed by atoms with Crippen molar-refractivity contribution in [2.24, 2.45) is 0 Å². The van der Waals surface area contributed by atoms with E-state index in [9.17, 15) is 30.7 Å². The Hall–Kier alpha value is -0.570. The second kappa shape index (κ2) is 5.38. The molecule has 0 saturated heterocycles. The lowest BCUT2D eigenvalue weighted by molar-refractivity contribution is -0.347. The summed E-state index contributed by atoms with van der Waals surface area (Å²) in [5, 5.41) is 0. The van der Waals surface area contributed by atoms with Crippen molar-refractivity contribution in [3.8, 4) is 0 Å². The average Bonchev–Trinajstić information content (AvgIpc) is 2.13. The van der Waals surface area contributed by atoms with E-state index < -0.39 is 37.5 Å². The lowest BCUT2D eigenvalue weighted by Crippen LogP contribution is -2.41. The zero-order chi connectivity index (χ0) is 13.9. The number of halogens is 7. The number of rotatable bonds is 7. The third-order valence-electron chi connectivity index (χ3n) is 1.67. The molecule has 0 spiro atoms. The first-order valence-corrected chi connectivity index (χ1v) is 4.41. The molecular formula is C8H11F7O2. The van der Waals surface area contributed by atoms with Gasteiger partial charge in [-0.2, -0.15) is 17.6 Å². The molecule has 0 rings (SSSR count). The number of hydrogen-bond acceptors (Lipinski definition) is 2. The molecule has 104 valence electrons. The minimum Gasteiger partial charge on any atom is -0.309 e. The quantitative estimate of drug-likeness (QED) is 0.662. The summed E-state index contributed by atoms with van der Waals surface area (Å²) >= 11 is 0. The molecule has 1 unspecified atom stereocenters. The van der Waals surface area contributed by atoms with Crippen molar-refractivity contribution in [2.45, 2.75) is 38.1 Å². The molecule has 0 aromatic rings. The first-order valence-electron chi connectivity index (χ1n) is 4.41. The monoisotopic (exact) mass is 272 g/mol. The van der Waals surface area contributed by atoms with E-state index in [0.717, 1.165) is 0 Å². The highest BCUT2D eigenvalue weighted by Crippen LogP contribution is 2.28. The van der Waals surface area contributed by atoms with Crippen molar-refractivity contribution in [3.63, 3.8) is 0 Å². The Balaban J connectivity index is 4.31. The predicted molar refractivity (Wildman–Crippen MR) is 43.0 cm³/mol. The summed E-state index contributed by atoms with van der Waals surface area (Å²) in [5.74, 6) is -3.58. The summed E-state index contributed by atoms with van der Waals surface area (Å²) in [6.45, 7) is -3.36. The Morgan fingerprint density at radius 2 is 1.47 bits per heavy atom. The fraction of sp³-hybridized carbons (Fsp3) is 1.00. The van der Waals surface area contributed by atoms with Gasteiger partial charge in [0.05, 0.1) is 0 Å². The van der Waals surface area contributed by atoms with Gasteiger partial charge in [0, 0.05) is 6.92 Å². The van der Waals surface area contributed by atoms with Crippen LogP contribution in [0.25, 0.3) is 0 Å². The van der Waals surface area contributed by atoms with Crippen molar-refractivity contribution >= 4 is 0 Å². The lowest BCUT2D eigenvalue weighted by atomic mass is 10.2. The second-order valence-electron chi connectivity index (χ2n) is 3.41. The van der Waals surface area contributed by atoms with E-state index in [1.165, 1.54) is 0 Å². The SMILES string of the molecule is CC(OC(F)(F)COC(F)(F)CF)C(C)(F)F. The lowest BCUT2D eigenvalue weighted by Gasteiger charge is -2.26. The minimum atomic E-state index is -4.40. The van der Waals surface area contributed by atoms with Crippen LogP contribution in [0.3, 0.4) is 0 Å². The van der Waals surface area contributed by atoms with Crippen LogP contribution >= 0.6 is 0 Å². The summed E-state index contributed by atoms with van der Waals surface area (Å²) in [4.78, 5) is 0. The van der Waals surface area contributed by atoms with Gasteiger partial charge in [0.1, 0.15) is 12.7 Å². The van der Waals surface area contributed by atoms with Crippen molar-refractivity contribution in [1.29, 1.82) is 0 Å². The third-order valence-corrected chi connectivity index (χ3v) is 1.67. The van der Waals surface area contributed by atoms with Crippen molar-refractivity contribution < 1.29 is 40.2 Å². The summed E-state index contributed by atoms with van der Waals surface area (Å²) in [6.07, 6.45) is -11.0. The largest absolute Gasteiger partial charge is 0.384 e. The molecule has 0 heterocycles. The van der Waals surface area contributed by atoms with Crippen LogP contribution in [0, 0.1) is 0 Å². The maximum absolute atomic E-state index is 12.7. The van der Waals surface area contributed by atoms with E-state index >= 15 is 0 Å². The number of hydrogen-bond donors (Lipinski definition) is 0. The minimum absolute atomic E-state index is 0.324. The summed E-state index contributed by atoms with van der Waals surface area (Å²) in [5.41, 5.74) is 0. The van der Waals surface area contributed by atoms with E-state index in [1.807, 2.05) is 0 Å². The molecule has 1 atom stereocenters. The molecule has 0 aliphatic carbocycles. The predicted octanol–water partition coefficient (Wildman–Crippen LogP) is 3.22. The topological polar surface area (TPSA) is 18.5 Å². The van der Waals surface area contributed by atoms with Crippen molar-refractivity contribution in [3.05, 3.63) is 0 Å². The Morgan fingerprint density at radius 1 is 1.00 bits per heavy atom. The summed E-state index contributed by atoms with van der Waals surface area (Å²) in [6, 6.07) is 0. The molecule has 0 bridgehead atoms. The van der Waals surface area contributed by atoms with Gasteiger partial charge >= 0.3 is 12.2 Å². The molecular weight excluding hydrogens is 261 g/mol. The molecule has 0 saturated carbocycles. The Labute approximate surface area is 92.7 Å². The smallest absolute Gasteiger partial charge is 0.309 e. The highest BCUT2D eigenvalue weighted by molar-refractivity contribution is 4.70. The van der Waals surface area contributed by atoms with Gasteiger partial charge in [-0.25, -0.2) is 13.2 Å². The van der Waals surface area contributed by atoms with Crippen LogP contribution in [0.5, 0.6) is 0 Å². The maximum atomic E-state index is 12.7. The molecule has 0 radical (unpaired) electrons. The van der Waals surface area contributed by atoms with E-state index in [0.29, 0.717) is 13.8 Å². The van der Waals surface area contributed by atoms with Gasteiger partial charge in [0.25, 0.3) is 5.92 Å².